The summed E-state index contributed by atoms with van der Waals surface area (Å²) in [7, 11) is 0. The van der Waals surface area contributed by atoms with E-state index in [1.54, 1.807) is 24.3 Å². The molecule has 0 aliphatic carbocycles. The van der Waals surface area contributed by atoms with Crippen molar-refractivity contribution in [2.45, 2.75) is 27.2 Å². The Morgan fingerprint density at radius 1 is 0.853 bits per heavy atom. The third kappa shape index (κ3) is 5.07. The molecular formula is C28H26N2O4. The summed E-state index contributed by atoms with van der Waals surface area (Å²) in [5.41, 5.74) is 5.76. The first-order valence-corrected chi connectivity index (χ1v) is 11.1. The summed E-state index contributed by atoms with van der Waals surface area (Å²) in [4.78, 5) is 38.9. The predicted octanol–water partition coefficient (Wildman–Crippen LogP) is 4.96. The van der Waals surface area contributed by atoms with Crippen LogP contribution in [0.25, 0.3) is 6.08 Å². The predicted molar refractivity (Wildman–Crippen MR) is 132 cm³/mol. The molecule has 34 heavy (non-hydrogen) atoms. The fourth-order valence-electron chi connectivity index (χ4n) is 4.06. The van der Waals surface area contributed by atoms with Crippen LogP contribution in [0.3, 0.4) is 0 Å². The van der Waals surface area contributed by atoms with Crippen LogP contribution in [0, 0.1) is 13.8 Å². The minimum absolute atomic E-state index is 0.101. The summed E-state index contributed by atoms with van der Waals surface area (Å²) in [6.45, 7) is 6.54. The molecular weight excluding hydrogens is 428 g/mol. The highest BCUT2D eigenvalue weighted by molar-refractivity contribution is 6.39. The zero-order valence-corrected chi connectivity index (χ0v) is 19.4. The van der Waals surface area contributed by atoms with E-state index in [0.29, 0.717) is 23.6 Å². The molecule has 0 atom stereocenters. The van der Waals surface area contributed by atoms with E-state index in [9.17, 15) is 14.4 Å². The highest BCUT2D eigenvalue weighted by Crippen LogP contribution is 2.24. The van der Waals surface area contributed by atoms with Gasteiger partial charge in [-0.25, -0.2) is 9.69 Å². The van der Waals surface area contributed by atoms with Gasteiger partial charge in [-0.1, -0.05) is 53.6 Å². The van der Waals surface area contributed by atoms with Crippen molar-refractivity contribution in [3.63, 3.8) is 0 Å². The van der Waals surface area contributed by atoms with Gasteiger partial charge in [-0.15, -0.1) is 0 Å². The van der Waals surface area contributed by atoms with Gasteiger partial charge in [-0.2, -0.15) is 0 Å². The number of nitrogens with one attached hydrogen (secondary N) is 1. The minimum atomic E-state index is -0.778. The standard InChI is InChI=1S/C28H26N2O4/c1-4-34-24-11-9-23(10-12-24)30-27(32)25(26(31)29-28(30)33)17-21-7-5-20(6-8-21)16-22-14-18(2)13-19(3)15-22/h5-15,17H,4,16H2,1-3H3,(H,29,31,33)/b25-17+. The van der Waals surface area contributed by atoms with E-state index in [4.69, 9.17) is 4.74 Å². The van der Waals surface area contributed by atoms with Crippen molar-refractivity contribution in [3.05, 3.63) is 100 Å². The SMILES string of the molecule is CCOc1ccc(N2C(=O)NC(=O)/C(=C\c3ccc(Cc4cc(C)cc(C)c4)cc3)C2=O)cc1. The van der Waals surface area contributed by atoms with Gasteiger partial charge in [0.1, 0.15) is 11.3 Å². The number of urea groups is 1. The van der Waals surface area contributed by atoms with Gasteiger partial charge >= 0.3 is 6.03 Å². The monoisotopic (exact) mass is 454 g/mol. The Morgan fingerprint density at radius 2 is 1.50 bits per heavy atom. The largest absolute Gasteiger partial charge is 0.494 e. The van der Waals surface area contributed by atoms with Crippen molar-refractivity contribution in [2.24, 2.45) is 0 Å². The quantitative estimate of drug-likeness (QED) is 0.422. The van der Waals surface area contributed by atoms with Crippen LogP contribution < -0.4 is 15.0 Å². The Hall–Kier alpha value is -4.19. The molecule has 0 unspecified atom stereocenters. The van der Waals surface area contributed by atoms with Gasteiger partial charge in [0.2, 0.25) is 0 Å². The Morgan fingerprint density at radius 3 is 2.12 bits per heavy atom. The van der Waals surface area contributed by atoms with Crippen molar-refractivity contribution in [1.29, 1.82) is 0 Å². The molecule has 6 nitrogen and oxygen atoms in total. The Balaban J connectivity index is 1.55. The normalized spacial score (nSPS) is 15.0. The van der Waals surface area contributed by atoms with Crippen LogP contribution in [0.5, 0.6) is 5.75 Å². The van der Waals surface area contributed by atoms with Crippen LogP contribution in [0.4, 0.5) is 10.5 Å². The zero-order valence-electron chi connectivity index (χ0n) is 19.4. The van der Waals surface area contributed by atoms with Gasteiger partial charge < -0.3 is 4.74 Å². The fraction of sp³-hybridized carbons (Fsp3) is 0.179. The Labute approximate surface area is 198 Å². The van der Waals surface area contributed by atoms with Crippen LogP contribution in [0.1, 0.15) is 34.7 Å². The summed E-state index contributed by atoms with van der Waals surface area (Å²) >= 11 is 0. The third-order valence-electron chi connectivity index (χ3n) is 5.49. The molecule has 1 saturated heterocycles. The summed E-state index contributed by atoms with van der Waals surface area (Å²) in [5.74, 6) is -0.752. The van der Waals surface area contributed by atoms with Gasteiger partial charge in [-0.3, -0.25) is 14.9 Å². The molecule has 0 spiro atoms. The second-order valence-corrected chi connectivity index (χ2v) is 8.30. The number of hydrogen-bond donors (Lipinski definition) is 1. The molecule has 0 aromatic heterocycles. The number of carbonyl (C=O) groups is 3. The maximum atomic E-state index is 13.1. The van der Waals surface area contributed by atoms with Gasteiger partial charge in [0.05, 0.1) is 12.3 Å². The summed E-state index contributed by atoms with van der Waals surface area (Å²) in [5, 5.41) is 2.25. The highest BCUT2D eigenvalue weighted by atomic mass is 16.5. The van der Waals surface area contributed by atoms with E-state index in [1.807, 2.05) is 31.2 Å². The summed E-state index contributed by atoms with van der Waals surface area (Å²) < 4.78 is 5.41. The fourth-order valence-corrected chi connectivity index (χ4v) is 4.06. The first kappa shape index (κ1) is 23.0. The van der Waals surface area contributed by atoms with Crippen molar-refractivity contribution in [2.75, 3.05) is 11.5 Å². The van der Waals surface area contributed by atoms with E-state index >= 15 is 0 Å². The van der Waals surface area contributed by atoms with E-state index < -0.39 is 17.8 Å². The molecule has 1 aliphatic rings. The topological polar surface area (TPSA) is 75.7 Å². The first-order valence-electron chi connectivity index (χ1n) is 11.1. The number of rotatable bonds is 6. The molecule has 3 aromatic rings. The molecule has 1 fully saturated rings. The van der Waals surface area contributed by atoms with Crippen LogP contribution in [-0.4, -0.2) is 24.5 Å². The maximum Gasteiger partial charge on any atom is 0.335 e. The molecule has 1 heterocycles. The number of carbonyl (C=O) groups excluding carboxylic acids is 3. The smallest absolute Gasteiger partial charge is 0.335 e. The zero-order chi connectivity index (χ0) is 24.2. The number of ether oxygens (including phenoxy) is 1. The summed E-state index contributed by atoms with van der Waals surface area (Å²) in [6, 6.07) is 20.0. The molecule has 1 aliphatic heterocycles. The number of anilines is 1. The van der Waals surface area contributed by atoms with Gasteiger partial charge in [0.15, 0.2) is 0 Å². The lowest BCUT2D eigenvalue weighted by Crippen LogP contribution is -2.54. The van der Waals surface area contributed by atoms with Crippen molar-refractivity contribution < 1.29 is 19.1 Å². The maximum absolute atomic E-state index is 13.1. The molecule has 4 rings (SSSR count). The molecule has 6 heteroatoms. The number of amides is 4. The molecule has 1 N–H and O–H groups in total. The minimum Gasteiger partial charge on any atom is -0.494 e. The number of nitrogens with zero attached hydrogens (tertiary/aromatic N) is 1. The second kappa shape index (κ2) is 9.75. The average molecular weight is 455 g/mol. The van der Waals surface area contributed by atoms with E-state index in [1.165, 1.54) is 22.8 Å². The molecule has 0 bridgehead atoms. The first-order chi connectivity index (χ1) is 16.3. The van der Waals surface area contributed by atoms with Crippen LogP contribution in [-0.2, 0) is 16.0 Å². The van der Waals surface area contributed by atoms with E-state index in [-0.39, 0.29) is 5.57 Å². The Bertz CT molecular complexity index is 1250. The van der Waals surface area contributed by atoms with Gasteiger partial charge in [-0.05, 0) is 74.2 Å². The lowest BCUT2D eigenvalue weighted by atomic mass is 9.99. The van der Waals surface area contributed by atoms with E-state index in [0.717, 1.165) is 16.9 Å². The molecule has 0 radical (unpaired) electrons. The second-order valence-electron chi connectivity index (χ2n) is 8.30. The average Bonchev–Trinajstić information content (AvgIpc) is 2.78. The summed E-state index contributed by atoms with van der Waals surface area (Å²) in [6.07, 6.45) is 2.30. The molecule has 172 valence electrons. The lowest BCUT2D eigenvalue weighted by Gasteiger charge is -2.26. The van der Waals surface area contributed by atoms with Crippen LogP contribution >= 0.6 is 0 Å². The van der Waals surface area contributed by atoms with E-state index in [2.05, 4.69) is 37.4 Å². The van der Waals surface area contributed by atoms with Crippen LogP contribution in [0.2, 0.25) is 0 Å². The number of benzene rings is 3. The highest BCUT2D eigenvalue weighted by Gasteiger charge is 2.36. The van der Waals surface area contributed by atoms with Gasteiger partial charge in [0, 0.05) is 0 Å². The van der Waals surface area contributed by atoms with Crippen LogP contribution in [0.15, 0.2) is 72.3 Å². The van der Waals surface area contributed by atoms with Gasteiger partial charge in [0.25, 0.3) is 11.8 Å². The molecule has 4 amide bonds. The lowest BCUT2D eigenvalue weighted by molar-refractivity contribution is -0.122. The number of hydrogen-bond acceptors (Lipinski definition) is 4. The third-order valence-corrected chi connectivity index (χ3v) is 5.49. The number of aryl methyl sites for hydroxylation is 2. The Kier molecular flexibility index (Phi) is 6.59. The number of barbiturate groups is 1. The molecule has 0 saturated carbocycles. The van der Waals surface area contributed by atoms with Crippen molar-refractivity contribution in [1.82, 2.24) is 5.32 Å². The van der Waals surface area contributed by atoms with Crippen molar-refractivity contribution >= 4 is 29.6 Å². The van der Waals surface area contributed by atoms with Crippen molar-refractivity contribution in [3.8, 4) is 5.75 Å². The molecule has 3 aromatic carbocycles. The number of imide groups is 2.